The Hall–Kier alpha value is -3.38. The average Bonchev–Trinajstić information content (AvgIpc) is 3.36. The molecule has 1 aliphatic heterocycles. The van der Waals surface area contributed by atoms with Gasteiger partial charge in [-0.05, 0) is 61.9 Å². The first kappa shape index (κ1) is 26.2. The van der Waals surface area contributed by atoms with E-state index in [1.165, 1.54) is 27.8 Å². The molecular formula is C27H28N4O5S2. The number of nitrogens with zero attached hydrogens (tertiary/aromatic N) is 4. The molecule has 0 saturated carbocycles. The summed E-state index contributed by atoms with van der Waals surface area (Å²) < 4.78 is 40.0. The highest BCUT2D eigenvalue weighted by Crippen LogP contribution is 2.35. The van der Waals surface area contributed by atoms with Crippen molar-refractivity contribution in [3.8, 4) is 5.75 Å². The molecular weight excluding hydrogens is 524 g/mol. The molecule has 2 unspecified atom stereocenters. The largest absolute Gasteiger partial charge is 0.494 e. The van der Waals surface area contributed by atoms with Crippen LogP contribution in [0.5, 0.6) is 5.75 Å². The number of benzene rings is 2. The quantitative estimate of drug-likeness (QED) is 0.336. The Morgan fingerprint density at radius 2 is 1.84 bits per heavy atom. The number of sulfonamides is 1. The number of anilines is 1. The third-order valence-corrected chi connectivity index (χ3v) is 9.14. The van der Waals surface area contributed by atoms with Crippen LogP contribution in [0.1, 0.15) is 29.8 Å². The molecule has 1 aliphatic rings. The Morgan fingerprint density at radius 3 is 2.50 bits per heavy atom. The van der Waals surface area contributed by atoms with E-state index in [-0.39, 0.29) is 42.6 Å². The van der Waals surface area contributed by atoms with Gasteiger partial charge in [0.1, 0.15) is 11.3 Å². The highest BCUT2D eigenvalue weighted by atomic mass is 32.2. The van der Waals surface area contributed by atoms with Crippen LogP contribution in [0.4, 0.5) is 5.13 Å². The van der Waals surface area contributed by atoms with Gasteiger partial charge >= 0.3 is 0 Å². The van der Waals surface area contributed by atoms with Crippen molar-refractivity contribution in [1.82, 2.24) is 14.3 Å². The van der Waals surface area contributed by atoms with Crippen molar-refractivity contribution < 1.29 is 22.7 Å². The van der Waals surface area contributed by atoms with E-state index < -0.39 is 10.0 Å². The normalized spacial score (nSPS) is 18.4. The molecule has 3 heterocycles. The smallest absolute Gasteiger partial charge is 0.260 e. The minimum Gasteiger partial charge on any atom is -0.494 e. The minimum absolute atomic E-state index is 0.138. The van der Waals surface area contributed by atoms with Crippen LogP contribution in [0.3, 0.4) is 0 Å². The van der Waals surface area contributed by atoms with Crippen molar-refractivity contribution in [1.29, 1.82) is 0 Å². The predicted molar refractivity (Wildman–Crippen MR) is 146 cm³/mol. The zero-order valence-corrected chi connectivity index (χ0v) is 22.9. The van der Waals surface area contributed by atoms with E-state index in [4.69, 9.17) is 14.5 Å². The van der Waals surface area contributed by atoms with Crippen LogP contribution in [0.25, 0.3) is 10.2 Å². The first-order valence-electron chi connectivity index (χ1n) is 12.2. The molecule has 0 N–H and O–H groups in total. The lowest BCUT2D eigenvalue weighted by Crippen LogP contribution is -2.48. The number of ether oxygens (including phenoxy) is 2. The van der Waals surface area contributed by atoms with Crippen LogP contribution in [-0.2, 0) is 21.3 Å². The first-order valence-corrected chi connectivity index (χ1v) is 14.4. The van der Waals surface area contributed by atoms with Gasteiger partial charge in [0.2, 0.25) is 10.0 Å². The van der Waals surface area contributed by atoms with Crippen LogP contribution in [0.15, 0.2) is 71.9 Å². The van der Waals surface area contributed by atoms with Gasteiger partial charge in [-0.3, -0.25) is 14.7 Å². The van der Waals surface area contributed by atoms with Gasteiger partial charge < -0.3 is 9.47 Å². The second kappa shape index (κ2) is 10.8. The zero-order valence-electron chi connectivity index (χ0n) is 21.3. The molecule has 0 radical (unpaired) electrons. The second-order valence-corrected chi connectivity index (χ2v) is 12.1. The molecule has 11 heteroatoms. The number of aromatic nitrogens is 2. The summed E-state index contributed by atoms with van der Waals surface area (Å²) in [4.78, 5) is 24.4. The van der Waals surface area contributed by atoms with E-state index in [0.29, 0.717) is 22.0 Å². The molecule has 38 heavy (non-hydrogen) atoms. The molecule has 2 aromatic carbocycles. The molecule has 0 bridgehead atoms. The number of carbonyl (C=O) groups excluding carboxylic acids is 1. The zero-order chi connectivity index (χ0) is 26.9. The van der Waals surface area contributed by atoms with Gasteiger partial charge in [-0.1, -0.05) is 23.5 Å². The fourth-order valence-corrected chi connectivity index (χ4v) is 7.06. The lowest BCUT2D eigenvalue weighted by Gasteiger charge is -2.34. The average molecular weight is 553 g/mol. The summed E-state index contributed by atoms with van der Waals surface area (Å²) >= 11 is 1.38. The van der Waals surface area contributed by atoms with Crippen molar-refractivity contribution in [2.75, 3.05) is 25.1 Å². The molecule has 9 nitrogen and oxygen atoms in total. The maximum absolute atomic E-state index is 13.8. The predicted octanol–water partition coefficient (Wildman–Crippen LogP) is 4.34. The molecule has 4 aromatic rings. The number of amides is 1. The number of carbonyl (C=O) groups is 1. The Morgan fingerprint density at radius 1 is 1.11 bits per heavy atom. The van der Waals surface area contributed by atoms with Crippen LogP contribution < -0.4 is 9.64 Å². The number of hydrogen-bond donors (Lipinski definition) is 0. The third kappa shape index (κ3) is 5.28. The standard InChI is InChI=1S/C27H28N4O5S2/c1-18-15-30(16-19(2)36-18)38(33,34)22-11-9-21(10-12-22)26(32)31(17-20-6-5-13-28-14-20)27-29-25-23(35-3)7-4-8-24(25)37-27/h4-14,18-19H,15-17H2,1-3H3. The molecule has 1 fully saturated rings. The van der Waals surface area contributed by atoms with Gasteiger partial charge in [0, 0.05) is 31.0 Å². The van der Waals surface area contributed by atoms with E-state index in [0.717, 1.165) is 10.3 Å². The molecule has 2 aromatic heterocycles. The van der Waals surface area contributed by atoms with Gasteiger partial charge in [0.15, 0.2) is 5.13 Å². The number of methoxy groups -OCH3 is 1. The Balaban J connectivity index is 1.47. The number of fused-ring (bicyclic) bond motifs is 1. The summed E-state index contributed by atoms with van der Waals surface area (Å²) in [5.74, 6) is 0.324. The topological polar surface area (TPSA) is 102 Å². The molecule has 0 aliphatic carbocycles. The number of rotatable bonds is 7. The van der Waals surface area contributed by atoms with Crippen LogP contribution >= 0.6 is 11.3 Å². The number of hydrogen-bond acceptors (Lipinski definition) is 8. The maximum atomic E-state index is 13.8. The Labute approximate surface area is 225 Å². The highest BCUT2D eigenvalue weighted by Gasteiger charge is 2.32. The molecule has 2 atom stereocenters. The first-order chi connectivity index (χ1) is 18.3. The summed E-state index contributed by atoms with van der Waals surface area (Å²) in [7, 11) is -2.14. The number of thiazole rings is 1. The van der Waals surface area contributed by atoms with Gasteiger partial charge in [0.05, 0.1) is 35.5 Å². The lowest BCUT2D eigenvalue weighted by molar-refractivity contribution is -0.0440. The Kier molecular flexibility index (Phi) is 7.44. The van der Waals surface area contributed by atoms with Crippen molar-refractivity contribution in [3.63, 3.8) is 0 Å². The summed E-state index contributed by atoms with van der Waals surface area (Å²) in [5, 5.41) is 0.506. The summed E-state index contributed by atoms with van der Waals surface area (Å²) in [5.41, 5.74) is 1.86. The summed E-state index contributed by atoms with van der Waals surface area (Å²) in [6, 6.07) is 15.4. The van der Waals surface area contributed by atoms with Crippen LogP contribution in [-0.4, -0.2) is 61.0 Å². The molecule has 198 valence electrons. The van der Waals surface area contributed by atoms with E-state index >= 15 is 0 Å². The summed E-state index contributed by atoms with van der Waals surface area (Å²) in [6.45, 7) is 4.53. The third-order valence-electron chi connectivity index (χ3n) is 6.26. The van der Waals surface area contributed by atoms with Crippen LogP contribution in [0, 0.1) is 0 Å². The maximum Gasteiger partial charge on any atom is 0.260 e. The lowest BCUT2D eigenvalue weighted by atomic mass is 10.2. The fourth-order valence-electron chi connectivity index (χ4n) is 4.49. The summed E-state index contributed by atoms with van der Waals surface area (Å²) in [6.07, 6.45) is 2.99. The molecule has 1 amide bonds. The number of pyridine rings is 1. The molecule has 0 spiro atoms. The highest BCUT2D eigenvalue weighted by molar-refractivity contribution is 7.89. The molecule has 5 rings (SSSR count). The molecule has 1 saturated heterocycles. The monoisotopic (exact) mass is 552 g/mol. The van der Waals surface area contributed by atoms with Gasteiger partial charge in [0.25, 0.3) is 5.91 Å². The van der Waals surface area contributed by atoms with Crippen molar-refractivity contribution in [3.05, 3.63) is 78.1 Å². The van der Waals surface area contributed by atoms with Gasteiger partial charge in [-0.15, -0.1) is 0 Å². The van der Waals surface area contributed by atoms with E-state index in [1.54, 1.807) is 36.5 Å². The van der Waals surface area contributed by atoms with Gasteiger partial charge in [-0.25, -0.2) is 13.4 Å². The number of morpholine rings is 1. The van der Waals surface area contributed by atoms with Crippen molar-refractivity contribution in [2.45, 2.75) is 37.5 Å². The van der Waals surface area contributed by atoms with E-state index in [2.05, 4.69) is 4.98 Å². The second-order valence-electron chi connectivity index (χ2n) is 9.16. The van der Waals surface area contributed by atoms with Crippen molar-refractivity contribution in [2.24, 2.45) is 0 Å². The van der Waals surface area contributed by atoms with Crippen LogP contribution in [0.2, 0.25) is 0 Å². The van der Waals surface area contributed by atoms with E-state index in [1.807, 2.05) is 44.2 Å². The number of para-hydroxylation sites is 1. The Bertz CT molecular complexity index is 1530. The van der Waals surface area contributed by atoms with E-state index in [9.17, 15) is 13.2 Å². The minimum atomic E-state index is -3.72. The fraction of sp³-hybridized carbons (Fsp3) is 0.296. The van der Waals surface area contributed by atoms with Crippen molar-refractivity contribution >= 4 is 42.6 Å². The SMILES string of the molecule is COc1cccc2sc(N(Cc3cccnc3)C(=O)c3ccc(S(=O)(=O)N4CC(C)OC(C)C4)cc3)nc12. The van der Waals surface area contributed by atoms with Gasteiger partial charge in [-0.2, -0.15) is 4.31 Å².